The molecule has 3 aromatic carbocycles. The van der Waals surface area contributed by atoms with Gasteiger partial charge in [0.05, 0.1) is 28.3 Å². The molecular weight excluding hydrogens is 608 g/mol. The van der Waals surface area contributed by atoms with Gasteiger partial charge in [-0.2, -0.15) is 4.31 Å². The van der Waals surface area contributed by atoms with Crippen LogP contribution < -0.4 is 9.64 Å². The van der Waals surface area contributed by atoms with E-state index in [0.29, 0.717) is 43.5 Å². The number of methoxy groups -OCH3 is 1. The highest BCUT2D eigenvalue weighted by Gasteiger charge is 2.43. The molecule has 0 unspecified atom stereocenters. The number of nitrogens with zero attached hydrogens (tertiary/aromatic N) is 3. The summed E-state index contributed by atoms with van der Waals surface area (Å²) < 4.78 is 62.4. The molecule has 44 heavy (non-hydrogen) atoms. The van der Waals surface area contributed by atoms with Crippen LogP contribution in [-0.2, 0) is 16.4 Å². The van der Waals surface area contributed by atoms with Crippen LogP contribution in [0.2, 0.25) is 5.02 Å². The van der Waals surface area contributed by atoms with Gasteiger partial charge in [-0.05, 0) is 80.3 Å². The number of halogens is 3. The smallest absolute Gasteiger partial charge is 0.255 e. The SMILES string of the molecule is COc1ccc(S(=O)(=O)N2CCC(CCc3ccccc3)CC2)cc1N1[C@@H]2CC[C@H]1CN(C(=O)c1cc(F)c(F)cc1Cl)C2. The van der Waals surface area contributed by atoms with E-state index < -0.39 is 27.6 Å². The van der Waals surface area contributed by atoms with Gasteiger partial charge in [0, 0.05) is 38.3 Å². The molecule has 2 atom stereocenters. The lowest BCUT2D eigenvalue weighted by Gasteiger charge is -2.43. The van der Waals surface area contributed by atoms with Gasteiger partial charge in [-0.25, -0.2) is 17.2 Å². The molecule has 3 fully saturated rings. The number of sulfonamides is 1. The van der Waals surface area contributed by atoms with Gasteiger partial charge in [0.1, 0.15) is 5.75 Å². The third-order valence-corrected chi connectivity index (χ3v) is 11.5. The predicted octanol–water partition coefficient (Wildman–Crippen LogP) is 6.15. The molecule has 2 bridgehead atoms. The van der Waals surface area contributed by atoms with Gasteiger partial charge in [-0.15, -0.1) is 0 Å². The summed E-state index contributed by atoms with van der Waals surface area (Å²) in [5, 5.41) is -0.136. The van der Waals surface area contributed by atoms with Crippen molar-refractivity contribution < 1.29 is 26.7 Å². The van der Waals surface area contributed by atoms with Crippen molar-refractivity contribution in [1.82, 2.24) is 9.21 Å². The number of aryl methyl sites for hydroxylation is 1. The summed E-state index contributed by atoms with van der Waals surface area (Å²) in [6, 6.07) is 16.8. The van der Waals surface area contributed by atoms with Crippen LogP contribution in [0.25, 0.3) is 0 Å². The summed E-state index contributed by atoms with van der Waals surface area (Å²) in [7, 11) is -2.16. The lowest BCUT2D eigenvalue weighted by atomic mass is 9.91. The molecule has 0 aliphatic carbocycles. The molecule has 0 N–H and O–H groups in total. The molecule has 3 saturated heterocycles. The number of hydrogen-bond donors (Lipinski definition) is 0. The van der Waals surface area contributed by atoms with E-state index >= 15 is 0 Å². The summed E-state index contributed by atoms with van der Waals surface area (Å²) in [6.45, 7) is 1.64. The van der Waals surface area contributed by atoms with Crippen molar-refractivity contribution in [2.75, 3.05) is 38.2 Å². The Labute approximate surface area is 262 Å². The van der Waals surface area contributed by atoms with Crippen molar-refractivity contribution in [1.29, 1.82) is 0 Å². The lowest BCUT2D eigenvalue weighted by Crippen LogP contribution is -2.55. The monoisotopic (exact) mass is 643 g/mol. The molecule has 11 heteroatoms. The van der Waals surface area contributed by atoms with E-state index in [1.54, 1.807) is 34.5 Å². The Hall–Kier alpha value is -3.21. The number of amides is 1. The standard InChI is InChI=1S/C33H36ClF2N3O4S/c1-43-32-12-11-26(44(41,42)38-15-13-23(14-16-38)8-7-22-5-3-2-4-6-22)17-31(32)39-24-9-10-25(39)21-37(20-24)33(40)27-18-29(35)30(36)19-28(27)34/h2-6,11-12,17-19,23-25H,7-10,13-16,20-21H2,1H3/t24-,25+. The minimum Gasteiger partial charge on any atom is -0.495 e. The summed E-state index contributed by atoms with van der Waals surface area (Å²) in [5.74, 6) is -1.64. The molecule has 3 aliphatic heterocycles. The van der Waals surface area contributed by atoms with Crippen molar-refractivity contribution in [2.24, 2.45) is 5.92 Å². The van der Waals surface area contributed by atoms with Gasteiger partial charge in [0.15, 0.2) is 11.6 Å². The van der Waals surface area contributed by atoms with Crippen molar-refractivity contribution in [3.63, 3.8) is 0 Å². The molecule has 7 nitrogen and oxygen atoms in total. The van der Waals surface area contributed by atoms with Crippen LogP contribution in [0.15, 0.2) is 65.6 Å². The first kappa shape index (κ1) is 30.8. The van der Waals surface area contributed by atoms with E-state index in [-0.39, 0.29) is 27.6 Å². The van der Waals surface area contributed by atoms with E-state index in [0.717, 1.165) is 50.7 Å². The fourth-order valence-corrected chi connectivity index (χ4v) is 8.68. The molecule has 3 aromatic rings. The highest BCUT2D eigenvalue weighted by atomic mass is 35.5. The van der Waals surface area contributed by atoms with Gasteiger partial charge in [0.2, 0.25) is 10.0 Å². The number of piperidine rings is 1. The quantitative estimate of drug-likeness (QED) is 0.275. The molecular formula is C33H36ClF2N3O4S. The number of ether oxygens (including phenoxy) is 1. The van der Waals surface area contributed by atoms with Crippen LogP contribution in [0, 0.1) is 17.6 Å². The second-order valence-electron chi connectivity index (χ2n) is 12.0. The zero-order chi connectivity index (χ0) is 31.0. The van der Waals surface area contributed by atoms with Crippen molar-refractivity contribution >= 4 is 33.2 Å². The van der Waals surface area contributed by atoms with Crippen LogP contribution >= 0.6 is 11.6 Å². The minimum absolute atomic E-state index is 0.0760. The van der Waals surface area contributed by atoms with E-state index in [9.17, 15) is 22.0 Å². The van der Waals surface area contributed by atoms with Gasteiger partial charge in [-0.1, -0.05) is 41.9 Å². The Morgan fingerprint density at radius 3 is 2.25 bits per heavy atom. The maximum Gasteiger partial charge on any atom is 0.255 e. The molecule has 0 saturated carbocycles. The number of carbonyl (C=O) groups is 1. The number of likely N-dealkylation sites (tertiary alicyclic amines) is 1. The van der Waals surface area contributed by atoms with E-state index in [2.05, 4.69) is 17.0 Å². The molecule has 0 spiro atoms. The van der Waals surface area contributed by atoms with Gasteiger partial charge in [0.25, 0.3) is 5.91 Å². The van der Waals surface area contributed by atoms with Crippen molar-refractivity contribution in [2.45, 2.75) is 55.5 Å². The van der Waals surface area contributed by atoms with Crippen LogP contribution in [0.5, 0.6) is 5.75 Å². The van der Waals surface area contributed by atoms with E-state index in [1.807, 2.05) is 18.2 Å². The van der Waals surface area contributed by atoms with E-state index in [1.165, 1.54) is 5.56 Å². The zero-order valence-corrected chi connectivity index (χ0v) is 26.2. The summed E-state index contributed by atoms with van der Waals surface area (Å²) >= 11 is 6.10. The normalized spacial score (nSPS) is 21.1. The maximum absolute atomic E-state index is 13.9. The minimum atomic E-state index is -3.72. The molecule has 3 heterocycles. The number of rotatable bonds is 8. The molecule has 234 valence electrons. The Morgan fingerprint density at radius 1 is 0.932 bits per heavy atom. The van der Waals surface area contributed by atoms with E-state index in [4.69, 9.17) is 16.3 Å². The van der Waals surface area contributed by atoms with Crippen molar-refractivity contribution in [3.8, 4) is 5.75 Å². The summed E-state index contributed by atoms with van der Waals surface area (Å²) in [5.41, 5.74) is 1.91. The second kappa shape index (κ2) is 12.7. The highest BCUT2D eigenvalue weighted by molar-refractivity contribution is 7.89. The zero-order valence-electron chi connectivity index (χ0n) is 24.6. The summed E-state index contributed by atoms with van der Waals surface area (Å²) in [4.78, 5) is 17.3. The van der Waals surface area contributed by atoms with Crippen LogP contribution in [0.4, 0.5) is 14.5 Å². The maximum atomic E-state index is 13.9. The van der Waals surface area contributed by atoms with Gasteiger partial charge < -0.3 is 14.5 Å². The number of anilines is 1. The Bertz CT molecular complexity index is 1620. The third-order valence-electron chi connectivity index (χ3n) is 9.33. The highest BCUT2D eigenvalue weighted by Crippen LogP contribution is 2.42. The summed E-state index contributed by atoms with van der Waals surface area (Å²) in [6.07, 6.45) is 5.28. The van der Waals surface area contributed by atoms with Crippen molar-refractivity contribution in [3.05, 3.63) is 88.4 Å². The Balaban J connectivity index is 1.16. The molecule has 1 amide bonds. The first-order chi connectivity index (χ1) is 21.2. The average molecular weight is 644 g/mol. The first-order valence-corrected chi connectivity index (χ1v) is 16.9. The molecule has 3 aliphatic rings. The first-order valence-electron chi connectivity index (χ1n) is 15.1. The topological polar surface area (TPSA) is 70.2 Å². The number of benzene rings is 3. The fraction of sp³-hybridized carbons (Fsp3) is 0.424. The predicted molar refractivity (Wildman–Crippen MR) is 166 cm³/mol. The third kappa shape index (κ3) is 6.04. The fourth-order valence-electron chi connectivity index (χ4n) is 6.95. The second-order valence-corrected chi connectivity index (χ2v) is 14.3. The molecule has 6 rings (SSSR count). The Kier molecular flexibility index (Phi) is 8.86. The largest absolute Gasteiger partial charge is 0.495 e. The number of carbonyl (C=O) groups excluding carboxylic acids is 1. The number of hydrogen-bond acceptors (Lipinski definition) is 5. The van der Waals surface area contributed by atoms with Crippen LogP contribution in [0.1, 0.15) is 48.0 Å². The Morgan fingerprint density at radius 2 is 1.59 bits per heavy atom. The average Bonchev–Trinajstić information content (AvgIpc) is 3.30. The number of piperazine rings is 1. The lowest BCUT2D eigenvalue weighted by molar-refractivity contribution is 0.0717. The van der Waals surface area contributed by atoms with Gasteiger partial charge in [-0.3, -0.25) is 4.79 Å². The molecule has 0 radical (unpaired) electrons. The number of fused-ring (bicyclic) bond motifs is 2. The van der Waals surface area contributed by atoms with Crippen LogP contribution in [0.3, 0.4) is 0 Å². The van der Waals surface area contributed by atoms with Crippen LogP contribution in [-0.4, -0.2) is 68.9 Å². The van der Waals surface area contributed by atoms with Gasteiger partial charge >= 0.3 is 0 Å². The molecule has 0 aromatic heterocycles.